The molecule has 24 heavy (non-hydrogen) atoms. The fourth-order valence-electron chi connectivity index (χ4n) is 3.03. The Bertz CT molecular complexity index is 709. The van der Waals surface area contributed by atoms with Crippen molar-refractivity contribution < 1.29 is 19.4 Å². The highest BCUT2D eigenvalue weighted by atomic mass is 16.5. The fourth-order valence-corrected chi connectivity index (χ4v) is 3.03. The van der Waals surface area contributed by atoms with E-state index in [1.807, 2.05) is 60.7 Å². The summed E-state index contributed by atoms with van der Waals surface area (Å²) in [5.41, 5.74) is 0.704. The van der Waals surface area contributed by atoms with Crippen LogP contribution in [-0.2, 0) is 16.1 Å². The smallest absolute Gasteiger partial charge is 0.408 e. The highest BCUT2D eigenvalue weighted by Gasteiger charge is 2.52. The maximum absolute atomic E-state index is 12.0. The molecule has 0 saturated heterocycles. The Labute approximate surface area is 140 Å². The molecular weight excluding hydrogens is 306 g/mol. The first-order chi connectivity index (χ1) is 11.6. The minimum absolute atomic E-state index is 0.116. The van der Waals surface area contributed by atoms with Crippen LogP contribution in [0.4, 0.5) is 4.79 Å². The van der Waals surface area contributed by atoms with Crippen molar-refractivity contribution in [2.75, 3.05) is 0 Å². The van der Waals surface area contributed by atoms with Gasteiger partial charge in [0.2, 0.25) is 0 Å². The molecular formula is C19H19NO4. The van der Waals surface area contributed by atoms with E-state index in [4.69, 9.17) is 4.74 Å². The van der Waals surface area contributed by atoms with Crippen molar-refractivity contribution >= 4 is 12.1 Å². The van der Waals surface area contributed by atoms with Gasteiger partial charge in [0.25, 0.3) is 0 Å². The van der Waals surface area contributed by atoms with Crippen molar-refractivity contribution in [3.05, 3.63) is 71.8 Å². The van der Waals surface area contributed by atoms with E-state index in [2.05, 4.69) is 5.32 Å². The summed E-state index contributed by atoms with van der Waals surface area (Å²) in [5, 5.41) is 12.1. The molecule has 1 saturated carbocycles. The second-order valence-corrected chi connectivity index (χ2v) is 6.09. The summed E-state index contributed by atoms with van der Waals surface area (Å²) in [5.74, 6) is -0.886. The van der Waals surface area contributed by atoms with Crippen LogP contribution in [0, 0.1) is 0 Å². The standard InChI is InChI=1S/C19H19NO4/c21-17(22)19(11-16(12-19)15-9-5-2-6-10-15)20-18(23)24-13-14-7-3-1-4-8-14/h1-10,16H,11-13H2,(H,20,23)(H,21,22). The van der Waals surface area contributed by atoms with E-state index >= 15 is 0 Å². The maximum Gasteiger partial charge on any atom is 0.408 e. The van der Waals surface area contributed by atoms with Crippen LogP contribution in [0.1, 0.15) is 29.9 Å². The number of carboxylic acids is 1. The average Bonchev–Trinajstić information content (AvgIpc) is 2.57. The van der Waals surface area contributed by atoms with Crippen LogP contribution in [0.25, 0.3) is 0 Å². The van der Waals surface area contributed by atoms with Gasteiger partial charge < -0.3 is 15.2 Å². The van der Waals surface area contributed by atoms with Crippen molar-refractivity contribution in [2.45, 2.75) is 30.9 Å². The number of hydrogen-bond donors (Lipinski definition) is 2. The highest BCUT2D eigenvalue weighted by Crippen LogP contribution is 2.44. The van der Waals surface area contributed by atoms with E-state index in [1.165, 1.54) is 0 Å². The molecule has 2 N–H and O–H groups in total. The zero-order chi connectivity index (χ0) is 17.0. The molecule has 0 bridgehead atoms. The van der Waals surface area contributed by atoms with E-state index in [0.717, 1.165) is 11.1 Å². The fraction of sp³-hybridized carbons (Fsp3) is 0.263. The minimum Gasteiger partial charge on any atom is -0.480 e. The monoisotopic (exact) mass is 325 g/mol. The van der Waals surface area contributed by atoms with Gasteiger partial charge in [-0.1, -0.05) is 60.7 Å². The molecule has 0 heterocycles. The van der Waals surface area contributed by atoms with Crippen LogP contribution < -0.4 is 5.32 Å². The van der Waals surface area contributed by atoms with Crippen molar-refractivity contribution in [1.82, 2.24) is 5.32 Å². The molecule has 5 heteroatoms. The number of carboxylic acid groups (broad SMARTS) is 1. The van der Waals surface area contributed by atoms with Gasteiger partial charge in [-0.05, 0) is 29.9 Å². The molecule has 1 fully saturated rings. The lowest BCUT2D eigenvalue weighted by atomic mass is 9.65. The van der Waals surface area contributed by atoms with Crippen molar-refractivity contribution in [1.29, 1.82) is 0 Å². The summed E-state index contributed by atoms with van der Waals surface area (Å²) in [4.78, 5) is 23.6. The number of amides is 1. The normalized spacial score (nSPS) is 22.2. The number of carbonyl (C=O) groups is 2. The Hall–Kier alpha value is -2.82. The molecule has 0 unspecified atom stereocenters. The number of nitrogens with one attached hydrogen (secondary N) is 1. The van der Waals surface area contributed by atoms with E-state index in [0.29, 0.717) is 12.8 Å². The van der Waals surface area contributed by atoms with Gasteiger partial charge in [-0.3, -0.25) is 0 Å². The van der Waals surface area contributed by atoms with Gasteiger partial charge in [-0.15, -0.1) is 0 Å². The first-order valence-electron chi connectivity index (χ1n) is 7.86. The molecule has 3 rings (SSSR count). The van der Waals surface area contributed by atoms with Gasteiger partial charge in [0.15, 0.2) is 0 Å². The number of alkyl carbamates (subject to hydrolysis) is 1. The number of hydrogen-bond acceptors (Lipinski definition) is 3. The second kappa shape index (κ2) is 6.74. The van der Waals surface area contributed by atoms with E-state index < -0.39 is 17.6 Å². The van der Waals surface area contributed by atoms with Gasteiger partial charge >= 0.3 is 12.1 Å². The average molecular weight is 325 g/mol. The van der Waals surface area contributed by atoms with Crippen LogP contribution >= 0.6 is 0 Å². The lowest BCUT2D eigenvalue weighted by Crippen LogP contribution is -2.61. The Balaban J connectivity index is 1.57. The molecule has 124 valence electrons. The minimum atomic E-state index is -1.24. The molecule has 1 amide bonds. The molecule has 2 aromatic carbocycles. The largest absolute Gasteiger partial charge is 0.480 e. The highest BCUT2D eigenvalue weighted by molar-refractivity contribution is 5.86. The molecule has 0 spiro atoms. The summed E-state index contributed by atoms with van der Waals surface area (Å²) < 4.78 is 5.14. The van der Waals surface area contributed by atoms with Crippen LogP contribution in [0.5, 0.6) is 0 Å². The third-order valence-electron chi connectivity index (χ3n) is 4.42. The van der Waals surface area contributed by atoms with Gasteiger partial charge in [0.05, 0.1) is 0 Å². The lowest BCUT2D eigenvalue weighted by molar-refractivity contribution is -0.149. The molecule has 1 aliphatic carbocycles. The molecule has 1 aliphatic rings. The number of aliphatic carboxylic acids is 1. The number of rotatable bonds is 5. The number of carbonyl (C=O) groups excluding carboxylic acids is 1. The van der Waals surface area contributed by atoms with Crippen LogP contribution in [-0.4, -0.2) is 22.7 Å². The van der Waals surface area contributed by atoms with Crippen molar-refractivity contribution in [3.8, 4) is 0 Å². The first kappa shape index (κ1) is 16.1. The van der Waals surface area contributed by atoms with Gasteiger partial charge in [-0.2, -0.15) is 0 Å². The van der Waals surface area contributed by atoms with Crippen LogP contribution in [0.15, 0.2) is 60.7 Å². The summed E-state index contributed by atoms with van der Waals surface area (Å²) in [6.45, 7) is 0.116. The number of ether oxygens (including phenoxy) is 1. The van der Waals surface area contributed by atoms with Crippen molar-refractivity contribution in [2.24, 2.45) is 0 Å². The molecule has 0 radical (unpaired) electrons. The maximum atomic E-state index is 12.0. The zero-order valence-corrected chi connectivity index (χ0v) is 13.1. The Morgan fingerprint density at radius 1 is 1.04 bits per heavy atom. The Kier molecular flexibility index (Phi) is 4.51. The summed E-state index contributed by atoms with van der Waals surface area (Å²) in [6.07, 6.45) is 0.0345. The summed E-state index contributed by atoms with van der Waals surface area (Å²) >= 11 is 0. The molecule has 5 nitrogen and oxygen atoms in total. The van der Waals surface area contributed by atoms with Gasteiger partial charge in [0.1, 0.15) is 12.1 Å². The predicted molar refractivity (Wildman–Crippen MR) is 88.5 cm³/mol. The summed E-state index contributed by atoms with van der Waals surface area (Å²) in [7, 11) is 0. The number of benzene rings is 2. The Morgan fingerprint density at radius 3 is 2.21 bits per heavy atom. The van der Waals surface area contributed by atoms with Crippen LogP contribution in [0.3, 0.4) is 0 Å². The zero-order valence-electron chi connectivity index (χ0n) is 13.1. The summed E-state index contributed by atoms with van der Waals surface area (Å²) in [6, 6.07) is 19.0. The van der Waals surface area contributed by atoms with Crippen molar-refractivity contribution in [3.63, 3.8) is 0 Å². The van der Waals surface area contributed by atoms with Gasteiger partial charge in [-0.25, -0.2) is 9.59 Å². The molecule has 0 aromatic heterocycles. The topological polar surface area (TPSA) is 75.6 Å². The lowest BCUT2D eigenvalue weighted by Gasteiger charge is -2.44. The predicted octanol–water partition coefficient (Wildman–Crippen LogP) is 3.31. The van der Waals surface area contributed by atoms with E-state index in [1.54, 1.807) is 0 Å². The third-order valence-corrected chi connectivity index (χ3v) is 4.42. The molecule has 0 aliphatic heterocycles. The Morgan fingerprint density at radius 2 is 1.62 bits per heavy atom. The first-order valence-corrected chi connectivity index (χ1v) is 7.86. The van der Waals surface area contributed by atoms with Crippen LogP contribution in [0.2, 0.25) is 0 Å². The third kappa shape index (κ3) is 3.40. The van der Waals surface area contributed by atoms with E-state index in [9.17, 15) is 14.7 Å². The quantitative estimate of drug-likeness (QED) is 0.884. The second-order valence-electron chi connectivity index (χ2n) is 6.09. The molecule has 2 aromatic rings. The molecule has 0 atom stereocenters. The van der Waals surface area contributed by atoms with Gasteiger partial charge in [0, 0.05) is 0 Å². The van der Waals surface area contributed by atoms with E-state index in [-0.39, 0.29) is 12.5 Å². The SMILES string of the molecule is O=C(NC1(C(=O)O)CC(c2ccccc2)C1)OCc1ccccc1.